The molecule has 166 valence electrons. The number of furan rings is 1. The summed E-state index contributed by atoms with van der Waals surface area (Å²) in [6, 6.07) is 12.8. The molecule has 0 amide bonds. The molecule has 0 N–H and O–H groups in total. The number of aryl methyl sites for hydroxylation is 2. The van der Waals surface area contributed by atoms with Crippen molar-refractivity contribution >= 4 is 31.8 Å². The first-order valence-corrected chi connectivity index (χ1v) is 11.8. The maximum absolute atomic E-state index is 11.9. The van der Waals surface area contributed by atoms with Crippen molar-refractivity contribution in [3.05, 3.63) is 42.5 Å². The molecule has 0 radical (unpaired) electrons. The maximum Gasteiger partial charge on any atom is 0.325 e. The monoisotopic (exact) mass is 470 g/mol. The molecule has 0 aliphatic carbocycles. The number of hydrogen-bond donors (Lipinski definition) is 0. The van der Waals surface area contributed by atoms with E-state index in [1.165, 1.54) is 6.26 Å². The van der Waals surface area contributed by atoms with E-state index in [9.17, 15) is 8.42 Å². The Balaban J connectivity index is 0.000000491. The second kappa shape index (κ2) is 8.11. The van der Waals surface area contributed by atoms with Gasteiger partial charge in [0.05, 0.1) is 26.1 Å². The highest BCUT2D eigenvalue weighted by molar-refractivity contribution is 7.90. The van der Waals surface area contributed by atoms with Crippen LogP contribution in [0.25, 0.3) is 33.6 Å². The Morgan fingerprint density at radius 1 is 1.06 bits per heavy atom. The topological polar surface area (TPSA) is 158 Å². The van der Waals surface area contributed by atoms with Gasteiger partial charge in [0, 0.05) is 29.8 Å². The van der Waals surface area contributed by atoms with Crippen LogP contribution >= 0.6 is 0 Å². The molecule has 0 unspecified atom stereocenters. The van der Waals surface area contributed by atoms with E-state index >= 15 is 0 Å². The van der Waals surface area contributed by atoms with E-state index in [1.807, 2.05) is 53.6 Å². The van der Waals surface area contributed by atoms with Crippen LogP contribution in [0.15, 0.2) is 51.8 Å². The number of imidazole rings is 1. The summed E-state index contributed by atoms with van der Waals surface area (Å²) in [5, 5.41) is 0.975. The fourth-order valence-electron chi connectivity index (χ4n) is 3.32. The van der Waals surface area contributed by atoms with Gasteiger partial charge in [-0.3, -0.25) is 0 Å². The SMILES string of the molecule is COc1ccc2cc(-c3n(C)c4cc(S(C)(=O)=O)ccc4[n+]3C)oc2c1.[O-][Cl+3]([O-])([O-])[O-]. The van der Waals surface area contributed by atoms with E-state index in [0.29, 0.717) is 10.7 Å². The van der Waals surface area contributed by atoms with E-state index in [0.717, 1.165) is 33.6 Å². The third-order valence-corrected chi connectivity index (χ3v) is 5.79. The summed E-state index contributed by atoms with van der Waals surface area (Å²) < 4.78 is 73.0. The van der Waals surface area contributed by atoms with E-state index < -0.39 is 20.1 Å². The highest BCUT2D eigenvalue weighted by Crippen LogP contribution is 2.30. The molecule has 0 aliphatic heterocycles. The van der Waals surface area contributed by atoms with Crippen LogP contribution in [0.2, 0.25) is 0 Å². The van der Waals surface area contributed by atoms with Gasteiger partial charge in [0.2, 0.25) is 5.76 Å². The first-order chi connectivity index (χ1) is 14.3. The second-order valence-corrected chi connectivity index (χ2v) is 9.53. The van der Waals surface area contributed by atoms with Crippen molar-refractivity contribution in [1.82, 2.24) is 4.57 Å². The Morgan fingerprint density at radius 3 is 2.29 bits per heavy atom. The number of aromatic nitrogens is 2. The van der Waals surface area contributed by atoms with Crippen LogP contribution in [0.3, 0.4) is 0 Å². The lowest BCUT2D eigenvalue weighted by molar-refractivity contribution is -2.00. The molecule has 4 aromatic rings. The fourth-order valence-corrected chi connectivity index (χ4v) is 3.96. The van der Waals surface area contributed by atoms with Gasteiger partial charge in [0.1, 0.15) is 11.3 Å². The van der Waals surface area contributed by atoms with Crippen LogP contribution in [0.1, 0.15) is 0 Å². The van der Waals surface area contributed by atoms with E-state index in [2.05, 4.69) is 0 Å². The normalized spacial score (nSPS) is 12.1. The number of sulfone groups is 1. The van der Waals surface area contributed by atoms with Gasteiger partial charge in [-0.1, -0.05) is 0 Å². The molecule has 2 aromatic carbocycles. The Bertz CT molecular complexity index is 1360. The predicted octanol–water partition coefficient (Wildman–Crippen LogP) is -1.93. The Kier molecular flexibility index (Phi) is 6.02. The number of rotatable bonds is 3. The minimum atomic E-state index is -4.94. The molecule has 12 heteroatoms. The van der Waals surface area contributed by atoms with Crippen LogP contribution in [0.4, 0.5) is 0 Å². The molecule has 4 rings (SSSR count). The number of halogens is 1. The molecule has 0 fully saturated rings. The molecule has 2 aromatic heterocycles. The van der Waals surface area contributed by atoms with Crippen molar-refractivity contribution < 1.29 is 51.0 Å². The van der Waals surface area contributed by atoms with Crippen molar-refractivity contribution in [2.24, 2.45) is 14.1 Å². The van der Waals surface area contributed by atoms with Crippen molar-refractivity contribution in [2.45, 2.75) is 4.90 Å². The molecule has 0 bridgehead atoms. The van der Waals surface area contributed by atoms with Crippen LogP contribution < -0.4 is 27.9 Å². The molecular weight excluding hydrogens is 452 g/mol. The molecule has 0 saturated heterocycles. The molecule has 0 spiro atoms. The number of ether oxygens (including phenoxy) is 1. The minimum absolute atomic E-state index is 0.298. The summed E-state index contributed by atoms with van der Waals surface area (Å²) in [6.45, 7) is 0. The molecular formula is C19H19ClN2O8S. The number of hydrogen-bond acceptors (Lipinski definition) is 8. The molecule has 0 atom stereocenters. The number of methoxy groups -OCH3 is 1. The molecule has 0 aliphatic rings. The zero-order valence-corrected chi connectivity index (χ0v) is 18.6. The number of nitrogens with zero attached hydrogens (tertiary/aromatic N) is 2. The Hall–Kier alpha value is -2.67. The first-order valence-electron chi connectivity index (χ1n) is 8.68. The fraction of sp³-hybridized carbons (Fsp3) is 0.211. The van der Waals surface area contributed by atoms with Gasteiger partial charge in [-0.15, -0.1) is 10.2 Å². The highest BCUT2D eigenvalue weighted by atomic mass is 35.7. The van der Waals surface area contributed by atoms with Crippen molar-refractivity contribution in [2.75, 3.05) is 13.4 Å². The average molecular weight is 471 g/mol. The summed E-state index contributed by atoms with van der Waals surface area (Å²) in [4.78, 5) is 0.298. The van der Waals surface area contributed by atoms with E-state index in [-0.39, 0.29) is 0 Å². The summed E-state index contributed by atoms with van der Waals surface area (Å²) in [6.07, 6.45) is 1.21. The van der Waals surface area contributed by atoms with Crippen LogP contribution in [0, 0.1) is 10.2 Å². The lowest BCUT2D eigenvalue weighted by Gasteiger charge is -2.17. The Morgan fingerprint density at radius 2 is 1.71 bits per heavy atom. The van der Waals surface area contributed by atoms with Gasteiger partial charge in [-0.05, 0) is 24.3 Å². The standard InChI is InChI=1S/C19H19N2O4S.ClHO4/c1-20-15-8-7-14(26(4,22)23)11-16(15)21(2)19(20)18-9-12-5-6-13(24-3)10-17(12)25-18;2-1(3,4)5/h5-11H,1-4H3;(H,2,3,4,5)/q+1;/p-1. The predicted molar refractivity (Wildman–Crippen MR) is 99.0 cm³/mol. The molecule has 10 nitrogen and oxygen atoms in total. The Labute approximate surface area is 179 Å². The largest absolute Gasteiger partial charge is 0.497 e. The lowest BCUT2D eigenvalue weighted by Crippen LogP contribution is -2.68. The van der Waals surface area contributed by atoms with Crippen molar-refractivity contribution in [3.63, 3.8) is 0 Å². The summed E-state index contributed by atoms with van der Waals surface area (Å²) in [5.74, 6) is 2.29. The van der Waals surface area contributed by atoms with Gasteiger partial charge in [0.15, 0.2) is 20.9 Å². The van der Waals surface area contributed by atoms with Crippen molar-refractivity contribution in [1.29, 1.82) is 0 Å². The lowest BCUT2D eigenvalue weighted by atomic mass is 10.2. The zero-order valence-electron chi connectivity index (χ0n) is 17.0. The third kappa shape index (κ3) is 4.98. The van der Waals surface area contributed by atoms with Crippen LogP contribution in [-0.2, 0) is 23.9 Å². The van der Waals surface area contributed by atoms with Gasteiger partial charge in [-0.25, -0.2) is 36.2 Å². The van der Waals surface area contributed by atoms with E-state index in [4.69, 9.17) is 27.8 Å². The molecule has 2 heterocycles. The van der Waals surface area contributed by atoms with Gasteiger partial charge >= 0.3 is 5.82 Å². The van der Waals surface area contributed by atoms with Gasteiger partial charge in [0.25, 0.3) is 0 Å². The van der Waals surface area contributed by atoms with Crippen molar-refractivity contribution in [3.8, 4) is 17.3 Å². The minimum Gasteiger partial charge on any atom is -0.497 e. The first kappa shape index (κ1) is 23.0. The van der Waals surface area contributed by atoms with E-state index in [1.54, 1.807) is 19.2 Å². The summed E-state index contributed by atoms with van der Waals surface area (Å²) in [7, 11) is -2.76. The summed E-state index contributed by atoms with van der Waals surface area (Å²) in [5.41, 5.74) is 2.48. The zero-order chi connectivity index (χ0) is 23.1. The number of benzene rings is 2. The van der Waals surface area contributed by atoms with Crippen LogP contribution in [0.5, 0.6) is 5.75 Å². The molecule has 31 heavy (non-hydrogen) atoms. The third-order valence-electron chi connectivity index (χ3n) is 4.68. The van der Waals surface area contributed by atoms with Gasteiger partial charge in [-0.2, -0.15) is 0 Å². The second-order valence-electron chi connectivity index (χ2n) is 6.76. The quantitative estimate of drug-likeness (QED) is 0.313. The van der Waals surface area contributed by atoms with Crippen LogP contribution in [-0.4, -0.2) is 26.4 Å². The highest BCUT2D eigenvalue weighted by Gasteiger charge is 2.26. The number of fused-ring (bicyclic) bond motifs is 2. The average Bonchev–Trinajstić information content (AvgIpc) is 3.17. The summed E-state index contributed by atoms with van der Waals surface area (Å²) >= 11 is 0. The van der Waals surface area contributed by atoms with Gasteiger partial charge < -0.3 is 9.15 Å². The maximum atomic E-state index is 11.9. The smallest absolute Gasteiger partial charge is 0.325 e. The molecule has 0 saturated carbocycles.